The molecule has 3 heteroatoms. The molecule has 2 rings (SSSR count). The SMILES string of the molecule is CC1CCN1c1cncc(Br)c1. The number of halogens is 1. The van der Waals surface area contributed by atoms with Gasteiger partial charge < -0.3 is 4.90 Å². The van der Waals surface area contributed by atoms with Crippen LogP contribution in [0.5, 0.6) is 0 Å². The van der Waals surface area contributed by atoms with Crippen LogP contribution >= 0.6 is 15.9 Å². The fourth-order valence-corrected chi connectivity index (χ4v) is 1.81. The average Bonchev–Trinajstić information content (AvgIpc) is 2.02. The molecule has 1 saturated heterocycles. The van der Waals surface area contributed by atoms with E-state index in [1.54, 1.807) is 0 Å². The Bertz CT molecular complexity index is 288. The Labute approximate surface area is 80.7 Å². The van der Waals surface area contributed by atoms with Crippen molar-refractivity contribution in [3.8, 4) is 0 Å². The van der Waals surface area contributed by atoms with Gasteiger partial charge in [0.15, 0.2) is 0 Å². The molecular weight excluding hydrogens is 216 g/mol. The van der Waals surface area contributed by atoms with Gasteiger partial charge in [0, 0.05) is 23.3 Å². The fourth-order valence-electron chi connectivity index (χ4n) is 1.46. The molecule has 2 heterocycles. The zero-order chi connectivity index (χ0) is 8.55. The first kappa shape index (κ1) is 8.05. The largest absolute Gasteiger partial charge is 0.367 e. The minimum absolute atomic E-state index is 0.682. The van der Waals surface area contributed by atoms with Crippen LogP contribution in [0, 0.1) is 0 Å². The molecule has 12 heavy (non-hydrogen) atoms. The molecule has 1 atom stereocenters. The molecule has 0 aromatic carbocycles. The van der Waals surface area contributed by atoms with Gasteiger partial charge in [-0.2, -0.15) is 0 Å². The maximum Gasteiger partial charge on any atom is 0.0566 e. The van der Waals surface area contributed by atoms with Gasteiger partial charge >= 0.3 is 0 Å². The lowest BCUT2D eigenvalue weighted by Crippen LogP contribution is -2.45. The standard InChI is InChI=1S/C9H11BrN2/c1-7-2-3-12(7)9-4-8(10)5-11-6-9/h4-7H,2-3H2,1H3. The summed E-state index contributed by atoms with van der Waals surface area (Å²) in [6, 6.07) is 2.80. The summed E-state index contributed by atoms with van der Waals surface area (Å²) in [4.78, 5) is 6.49. The average molecular weight is 227 g/mol. The topological polar surface area (TPSA) is 16.1 Å². The van der Waals surface area contributed by atoms with Crippen molar-refractivity contribution in [1.29, 1.82) is 0 Å². The predicted molar refractivity (Wildman–Crippen MR) is 53.4 cm³/mol. The van der Waals surface area contributed by atoms with Crippen LogP contribution in [0.25, 0.3) is 0 Å². The predicted octanol–water partition coefficient (Wildman–Crippen LogP) is 2.44. The molecule has 1 fully saturated rings. The van der Waals surface area contributed by atoms with E-state index >= 15 is 0 Å². The second-order valence-electron chi connectivity index (χ2n) is 3.19. The minimum atomic E-state index is 0.682. The molecule has 1 aliphatic rings. The highest BCUT2D eigenvalue weighted by Crippen LogP contribution is 2.26. The Morgan fingerprint density at radius 1 is 1.58 bits per heavy atom. The van der Waals surface area contributed by atoms with Crippen LogP contribution in [0.4, 0.5) is 5.69 Å². The van der Waals surface area contributed by atoms with Crippen molar-refractivity contribution in [2.45, 2.75) is 19.4 Å². The van der Waals surface area contributed by atoms with Gasteiger partial charge in [0.1, 0.15) is 0 Å². The first-order chi connectivity index (χ1) is 5.77. The summed E-state index contributed by atoms with van der Waals surface area (Å²) in [6.45, 7) is 3.41. The minimum Gasteiger partial charge on any atom is -0.367 e. The highest BCUT2D eigenvalue weighted by molar-refractivity contribution is 9.10. The summed E-state index contributed by atoms with van der Waals surface area (Å²) in [5.74, 6) is 0. The third kappa shape index (κ3) is 1.33. The molecule has 1 unspecified atom stereocenters. The highest BCUT2D eigenvalue weighted by atomic mass is 79.9. The quantitative estimate of drug-likeness (QED) is 0.732. The van der Waals surface area contributed by atoms with Crippen molar-refractivity contribution < 1.29 is 0 Å². The normalized spacial score (nSPS) is 22.2. The summed E-state index contributed by atoms with van der Waals surface area (Å²) < 4.78 is 1.05. The molecule has 1 aliphatic heterocycles. The van der Waals surface area contributed by atoms with E-state index in [0.717, 1.165) is 4.47 Å². The van der Waals surface area contributed by atoms with Gasteiger partial charge in [-0.25, -0.2) is 0 Å². The Balaban J connectivity index is 2.22. The molecule has 2 nitrogen and oxygen atoms in total. The second kappa shape index (κ2) is 3.05. The number of aromatic nitrogens is 1. The van der Waals surface area contributed by atoms with E-state index in [2.05, 4.69) is 38.8 Å². The van der Waals surface area contributed by atoms with E-state index in [1.807, 2.05) is 12.4 Å². The third-order valence-corrected chi connectivity index (χ3v) is 2.78. The number of pyridine rings is 1. The van der Waals surface area contributed by atoms with E-state index in [4.69, 9.17) is 0 Å². The van der Waals surface area contributed by atoms with Crippen molar-refractivity contribution in [2.24, 2.45) is 0 Å². The van der Waals surface area contributed by atoms with Gasteiger partial charge in [-0.3, -0.25) is 4.98 Å². The monoisotopic (exact) mass is 226 g/mol. The lowest BCUT2D eigenvalue weighted by atomic mass is 10.0. The van der Waals surface area contributed by atoms with Crippen LogP contribution in [0.2, 0.25) is 0 Å². The third-order valence-electron chi connectivity index (χ3n) is 2.34. The Morgan fingerprint density at radius 3 is 2.92 bits per heavy atom. The molecule has 0 N–H and O–H groups in total. The molecule has 1 aromatic heterocycles. The van der Waals surface area contributed by atoms with Crippen molar-refractivity contribution >= 4 is 21.6 Å². The zero-order valence-electron chi connectivity index (χ0n) is 7.00. The summed E-state index contributed by atoms with van der Waals surface area (Å²) in [7, 11) is 0. The van der Waals surface area contributed by atoms with E-state index in [1.165, 1.54) is 18.7 Å². The van der Waals surface area contributed by atoms with Crippen molar-refractivity contribution in [3.63, 3.8) is 0 Å². The molecule has 0 spiro atoms. The van der Waals surface area contributed by atoms with Crippen LogP contribution in [0.1, 0.15) is 13.3 Å². The van der Waals surface area contributed by atoms with Gasteiger partial charge in [0.2, 0.25) is 0 Å². The van der Waals surface area contributed by atoms with Gasteiger partial charge in [0.25, 0.3) is 0 Å². The Kier molecular flexibility index (Phi) is 2.05. The molecule has 0 radical (unpaired) electrons. The van der Waals surface area contributed by atoms with E-state index in [9.17, 15) is 0 Å². The van der Waals surface area contributed by atoms with Crippen LogP contribution in [0.3, 0.4) is 0 Å². The molecule has 0 amide bonds. The fraction of sp³-hybridized carbons (Fsp3) is 0.444. The number of anilines is 1. The maximum absolute atomic E-state index is 4.13. The Hall–Kier alpha value is -0.570. The molecule has 0 aliphatic carbocycles. The van der Waals surface area contributed by atoms with Crippen molar-refractivity contribution in [1.82, 2.24) is 4.98 Å². The van der Waals surface area contributed by atoms with Gasteiger partial charge in [-0.15, -0.1) is 0 Å². The number of hydrogen-bond acceptors (Lipinski definition) is 2. The molecule has 0 saturated carbocycles. The molecule has 64 valence electrons. The van der Waals surface area contributed by atoms with E-state index in [-0.39, 0.29) is 0 Å². The summed E-state index contributed by atoms with van der Waals surface area (Å²) in [5, 5.41) is 0. The molecule has 1 aromatic rings. The van der Waals surface area contributed by atoms with Crippen LogP contribution in [0.15, 0.2) is 22.9 Å². The highest BCUT2D eigenvalue weighted by Gasteiger charge is 2.23. The van der Waals surface area contributed by atoms with Crippen LogP contribution in [-0.2, 0) is 0 Å². The van der Waals surface area contributed by atoms with Crippen molar-refractivity contribution in [2.75, 3.05) is 11.4 Å². The first-order valence-electron chi connectivity index (χ1n) is 4.14. The van der Waals surface area contributed by atoms with Gasteiger partial charge in [0.05, 0.1) is 11.9 Å². The summed E-state index contributed by atoms with van der Waals surface area (Å²) in [5.41, 5.74) is 1.23. The summed E-state index contributed by atoms with van der Waals surface area (Å²) in [6.07, 6.45) is 5.03. The molecular formula is C9H11BrN2. The number of nitrogens with zero attached hydrogens (tertiary/aromatic N) is 2. The van der Waals surface area contributed by atoms with E-state index < -0.39 is 0 Å². The summed E-state index contributed by atoms with van der Waals surface area (Å²) >= 11 is 3.41. The van der Waals surface area contributed by atoms with E-state index in [0.29, 0.717) is 6.04 Å². The lowest BCUT2D eigenvalue weighted by molar-refractivity contribution is 0.481. The van der Waals surface area contributed by atoms with Gasteiger partial charge in [-0.05, 0) is 35.3 Å². The number of rotatable bonds is 1. The van der Waals surface area contributed by atoms with Gasteiger partial charge in [-0.1, -0.05) is 0 Å². The lowest BCUT2D eigenvalue weighted by Gasteiger charge is -2.40. The number of hydrogen-bond donors (Lipinski definition) is 0. The zero-order valence-corrected chi connectivity index (χ0v) is 8.58. The smallest absolute Gasteiger partial charge is 0.0566 e. The maximum atomic E-state index is 4.13. The first-order valence-corrected chi connectivity index (χ1v) is 4.94. The van der Waals surface area contributed by atoms with Crippen LogP contribution in [-0.4, -0.2) is 17.6 Å². The molecule has 0 bridgehead atoms. The van der Waals surface area contributed by atoms with Crippen LogP contribution < -0.4 is 4.90 Å². The van der Waals surface area contributed by atoms with Crippen molar-refractivity contribution in [3.05, 3.63) is 22.9 Å². The second-order valence-corrected chi connectivity index (χ2v) is 4.11. The Morgan fingerprint density at radius 2 is 2.42 bits per heavy atom.